The third-order valence-corrected chi connectivity index (χ3v) is 5.30. The van der Waals surface area contributed by atoms with E-state index in [4.69, 9.17) is 13.9 Å². The van der Waals surface area contributed by atoms with Gasteiger partial charge in [-0.2, -0.15) is 0 Å². The van der Waals surface area contributed by atoms with Crippen molar-refractivity contribution in [3.05, 3.63) is 40.2 Å². The van der Waals surface area contributed by atoms with Gasteiger partial charge in [-0.3, -0.25) is 0 Å². The fraction of sp³-hybridized carbons (Fsp3) is 0.550. The third kappa shape index (κ3) is 4.49. The molecule has 30 heavy (non-hydrogen) atoms. The van der Waals surface area contributed by atoms with Crippen LogP contribution in [0.3, 0.4) is 0 Å². The summed E-state index contributed by atoms with van der Waals surface area (Å²) in [5, 5.41) is 60.7. The van der Waals surface area contributed by atoms with Crippen molar-refractivity contribution in [1.29, 1.82) is 0 Å². The van der Waals surface area contributed by atoms with E-state index in [-0.39, 0.29) is 17.8 Å². The summed E-state index contributed by atoms with van der Waals surface area (Å²) in [5.41, 5.74) is -1.30. The number of hydrogen-bond acceptors (Lipinski definition) is 10. The molecule has 1 aliphatic rings. The number of ether oxygens (including phenoxy) is 2. The SMILES string of the molecule is CC(C)(O[C@H]1O[C@@H](CO)[C@H](O)[C@H](O)[C@@H]1O)[C@H](O)Cc1cc2ccc(=O)oc2cc1O. The molecule has 10 nitrogen and oxygen atoms in total. The molecule has 1 aliphatic heterocycles. The minimum Gasteiger partial charge on any atom is -0.508 e. The molecular weight excluding hydrogens is 400 g/mol. The van der Waals surface area contributed by atoms with E-state index >= 15 is 0 Å². The molecule has 6 N–H and O–H groups in total. The van der Waals surface area contributed by atoms with Gasteiger partial charge in [0.25, 0.3) is 0 Å². The minimum atomic E-state index is -1.61. The van der Waals surface area contributed by atoms with Crippen molar-refractivity contribution in [2.45, 2.75) is 62.7 Å². The molecule has 1 fully saturated rings. The van der Waals surface area contributed by atoms with Crippen LogP contribution in [0.15, 0.2) is 33.5 Å². The maximum atomic E-state index is 11.3. The van der Waals surface area contributed by atoms with Crippen molar-refractivity contribution in [3.8, 4) is 5.75 Å². The predicted molar refractivity (Wildman–Crippen MR) is 103 cm³/mol. The summed E-state index contributed by atoms with van der Waals surface area (Å²) >= 11 is 0. The number of aliphatic hydroxyl groups excluding tert-OH is 5. The van der Waals surface area contributed by atoms with Crippen LogP contribution in [0, 0.1) is 0 Å². The Morgan fingerprint density at radius 3 is 2.50 bits per heavy atom. The van der Waals surface area contributed by atoms with Gasteiger partial charge in [0, 0.05) is 23.9 Å². The number of fused-ring (bicyclic) bond motifs is 1. The molecule has 0 bridgehead atoms. The number of rotatable bonds is 6. The van der Waals surface area contributed by atoms with Crippen LogP contribution in [-0.4, -0.2) is 79.7 Å². The van der Waals surface area contributed by atoms with Crippen LogP contribution >= 0.6 is 0 Å². The molecule has 0 amide bonds. The van der Waals surface area contributed by atoms with Gasteiger partial charge in [0.05, 0.1) is 18.3 Å². The van der Waals surface area contributed by atoms with E-state index in [1.54, 1.807) is 6.07 Å². The monoisotopic (exact) mass is 426 g/mol. The largest absolute Gasteiger partial charge is 0.508 e. The molecule has 2 aromatic rings. The van der Waals surface area contributed by atoms with Gasteiger partial charge in [0.2, 0.25) is 0 Å². The highest BCUT2D eigenvalue weighted by molar-refractivity contribution is 5.79. The molecule has 6 atom stereocenters. The quantitative estimate of drug-likeness (QED) is 0.315. The van der Waals surface area contributed by atoms with Gasteiger partial charge in [-0.05, 0) is 31.5 Å². The first-order valence-corrected chi connectivity index (χ1v) is 9.45. The molecule has 0 radical (unpaired) electrons. The van der Waals surface area contributed by atoms with Crippen LogP contribution in [0.1, 0.15) is 19.4 Å². The Hall–Kier alpha value is -2.05. The number of aliphatic hydroxyl groups is 5. The molecule has 10 heteroatoms. The van der Waals surface area contributed by atoms with E-state index in [1.165, 1.54) is 32.0 Å². The zero-order chi connectivity index (χ0) is 22.2. The average molecular weight is 426 g/mol. The summed E-state index contributed by atoms with van der Waals surface area (Å²) in [4.78, 5) is 11.3. The molecule has 2 heterocycles. The van der Waals surface area contributed by atoms with E-state index in [2.05, 4.69) is 0 Å². The molecule has 3 rings (SSSR count). The Labute approximate surface area is 171 Å². The van der Waals surface area contributed by atoms with E-state index < -0.39 is 54.6 Å². The maximum absolute atomic E-state index is 11.3. The van der Waals surface area contributed by atoms with Gasteiger partial charge < -0.3 is 44.5 Å². The molecule has 1 aromatic carbocycles. The van der Waals surface area contributed by atoms with Crippen LogP contribution in [0.5, 0.6) is 5.75 Å². The topological polar surface area (TPSA) is 170 Å². The predicted octanol–water partition coefficient (Wildman–Crippen LogP) is -1.00. The number of hydrogen-bond donors (Lipinski definition) is 6. The third-order valence-electron chi connectivity index (χ3n) is 5.30. The van der Waals surface area contributed by atoms with Crippen LogP contribution in [0.25, 0.3) is 11.0 Å². The Bertz CT molecular complexity index is 937. The van der Waals surface area contributed by atoms with Crippen molar-refractivity contribution < 1.29 is 44.5 Å². The lowest BCUT2D eigenvalue weighted by Gasteiger charge is -2.43. The number of phenols is 1. The van der Waals surface area contributed by atoms with E-state index in [9.17, 15) is 35.4 Å². The number of aromatic hydroxyl groups is 1. The second-order valence-corrected chi connectivity index (χ2v) is 7.91. The van der Waals surface area contributed by atoms with Gasteiger partial charge >= 0.3 is 5.63 Å². The Morgan fingerprint density at radius 2 is 1.83 bits per heavy atom. The van der Waals surface area contributed by atoms with Gasteiger partial charge in [-0.25, -0.2) is 4.79 Å². The smallest absolute Gasteiger partial charge is 0.336 e. The summed E-state index contributed by atoms with van der Waals surface area (Å²) in [5.74, 6) is -0.181. The summed E-state index contributed by atoms with van der Waals surface area (Å²) in [6, 6.07) is 5.63. The molecule has 0 spiro atoms. The highest BCUT2D eigenvalue weighted by Gasteiger charge is 2.46. The number of benzene rings is 1. The van der Waals surface area contributed by atoms with Crippen LogP contribution in [0.2, 0.25) is 0 Å². The molecule has 1 aromatic heterocycles. The van der Waals surface area contributed by atoms with Crippen molar-refractivity contribution in [2.24, 2.45) is 0 Å². The Kier molecular flexibility index (Phi) is 6.48. The summed E-state index contributed by atoms with van der Waals surface area (Å²) in [6.45, 7) is 2.45. The first-order valence-electron chi connectivity index (χ1n) is 9.45. The van der Waals surface area contributed by atoms with E-state index in [0.717, 1.165) is 0 Å². The number of phenolic OH excluding ortho intramolecular Hbond substituents is 1. The molecule has 0 saturated carbocycles. The first kappa shape index (κ1) is 22.6. The van der Waals surface area contributed by atoms with Crippen molar-refractivity contribution >= 4 is 11.0 Å². The fourth-order valence-electron chi connectivity index (χ4n) is 3.31. The average Bonchev–Trinajstić information content (AvgIpc) is 2.69. The van der Waals surface area contributed by atoms with Gasteiger partial charge in [-0.1, -0.05) is 0 Å². The molecule has 0 unspecified atom stereocenters. The highest BCUT2D eigenvalue weighted by Crippen LogP contribution is 2.31. The second kappa shape index (κ2) is 8.60. The summed E-state index contributed by atoms with van der Waals surface area (Å²) < 4.78 is 16.0. The molecule has 0 aliphatic carbocycles. The summed E-state index contributed by atoms with van der Waals surface area (Å²) in [7, 11) is 0. The Morgan fingerprint density at radius 1 is 1.13 bits per heavy atom. The van der Waals surface area contributed by atoms with E-state index in [0.29, 0.717) is 10.9 Å². The maximum Gasteiger partial charge on any atom is 0.336 e. The first-order chi connectivity index (χ1) is 14.0. The van der Waals surface area contributed by atoms with Crippen LogP contribution in [0.4, 0.5) is 0 Å². The van der Waals surface area contributed by atoms with Gasteiger partial charge in [0.1, 0.15) is 35.7 Å². The van der Waals surface area contributed by atoms with Crippen molar-refractivity contribution in [3.63, 3.8) is 0 Å². The van der Waals surface area contributed by atoms with Crippen molar-refractivity contribution in [1.82, 2.24) is 0 Å². The Balaban J connectivity index is 1.76. The minimum absolute atomic E-state index is 0.0503. The normalized spacial score (nSPS) is 28.6. The zero-order valence-electron chi connectivity index (χ0n) is 16.5. The van der Waals surface area contributed by atoms with E-state index in [1.807, 2.05) is 0 Å². The van der Waals surface area contributed by atoms with Crippen LogP contribution < -0.4 is 5.63 Å². The standard InChI is InChI=1S/C20H26O10/c1-20(2,30-19-18(27)17(26)16(25)13(8-21)29-19)14(23)6-10-5-9-3-4-15(24)28-12(9)7-11(10)22/h3-5,7,13-14,16-19,21-23,25-27H,6,8H2,1-2H3/t13-,14+,16-,17-,18-,19+/m0/s1. The second-order valence-electron chi connectivity index (χ2n) is 7.91. The lowest BCUT2D eigenvalue weighted by atomic mass is 9.93. The molecule has 1 saturated heterocycles. The molecule has 166 valence electrons. The van der Waals surface area contributed by atoms with Gasteiger partial charge in [0.15, 0.2) is 6.29 Å². The fourth-order valence-corrected chi connectivity index (χ4v) is 3.31. The van der Waals surface area contributed by atoms with Crippen LogP contribution in [-0.2, 0) is 15.9 Å². The lowest BCUT2D eigenvalue weighted by molar-refractivity contribution is -0.331. The molecular formula is C20H26O10. The van der Waals surface area contributed by atoms with Crippen molar-refractivity contribution in [2.75, 3.05) is 6.61 Å². The lowest BCUT2D eigenvalue weighted by Crippen LogP contribution is -2.61. The highest BCUT2D eigenvalue weighted by atomic mass is 16.7. The zero-order valence-corrected chi connectivity index (χ0v) is 16.5. The summed E-state index contributed by atoms with van der Waals surface area (Å²) in [6.07, 6.45) is -8.52. The van der Waals surface area contributed by atoms with Gasteiger partial charge in [-0.15, -0.1) is 0 Å².